The molecule has 4 nitrogen and oxygen atoms in total. The molecule has 2 heterocycles. The second kappa shape index (κ2) is 8.67. The van der Waals surface area contributed by atoms with E-state index >= 15 is 0 Å². The molecule has 34 heavy (non-hydrogen) atoms. The van der Waals surface area contributed by atoms with Gasteiger partial charge in [-0.05, 0) is 65.9 Å². The Hall–Kier alpha value is -3.54. The van der Waals surface area contributed by atoms with Crippen molar-refractivity contribution in [2.75, 3.05) is 0 Å². The number of hydrogen-bond acceptors (Lipinski definition) is 5. The number of ether oxygens (including phenoxy) is 1. The van der Waals surface area contributed by atoms with Crippen LogP contribution in [0.15, 0.2) is 72.8 Å². The van der Waals surface area contributed by atoms with Gasteiger partial charge in [0.25, 0.3) is 0 Å². The monoisotopic (exact) mass is 482 g/mol. The van der Waals surface area contributed by atoms with Crippen LogP contribution >= 0.6 is 22.9 Å². The van der Waals surface area contributed by atoms with Crippen molar-refractivity contribution in [3.05, 3.63) is 105 Å². The number of pyridine rings is 1. The molecular formula is C28H19ClN2O2S. The molecule has 0 unspecified atom stereocenters. The molecule has 0 bridgehead atoms. The molecule has 6 rings (SSSR count). The fourth-order valence-corrected chi connectivity index (χ4v) is 5.46. The molecule has 0 saturated carbocycles. The van der Waals surface area contributed by atoms with Gasteiger partial charge >= 0.3 is 5.97 Å². The van der Waals surface area contributed by atoms with Crippen molar-refractivity contribution in [3.63, 3.8) is 0 Å². The van der Waals surface area contributed by atoms with Crippen LogP contribution in [0.1, 0.15) is 38.6 Å². The van der Waals surface area contributed by atoms with Gasteiger partial charge in [-0.2, -0.15) is 0 Å². The summed E-state index contributed by atoms with van der Waals surface area (Å²) in [6.45, 7) is 0.150. The van der Waals surface area contributed by atoms with Crippen LogP contribution in [-0.4, -0.2) is 15.9 Å². The number of aromatic nitrogens is 2. The van der Waals surface area contributed by atoms with E-state index in [1.807, 2.05) is 72.8 Å². The Balaban J connectivity index is 1.37. The number of allylic oxidation sites excluding steroid dienone is 1. The van der Waals surface area contributed by atoms with E-state index in [2.05, 4.69) is 11.1 Å². The first-order valence-electron chi connectivity index (χ1n) is 11.1. The number of esters is 1. The summed E-state index contributed by atoms with van der Waals surface area (Å²) >= 11 is 7.59. The van der Waals surface area contributed by atoms with Gasteiger partial charge in [0, 0.05) is 10.4 Å². The summed E-state index contributed by atoms with van der Waals surface area (Å²) in [5.74, 6) is -0.332. The van der Waals surface area contributed by atoms with E-state index in [9.17, 15) is 4.79 Å². The lowest BCUT2D eigenvalue weighted by molar-refractivity contribution is 0.0473. The molecule has 166 valence electrons. The Labute approximate surface area is 205 Å². The van der Waals surface area contributed by atoms with Crippen molar-refractivity contribution < 1.29 is 9.53 Å². The number of rotatable bonds is 4. The summed E-state index contributed by atoms with van der Waals surface area (Å²) in [5.41, 5.74) is 6.32. The lowest BCUT2D eigenvalue weighted by Gasteiger charge is -2.12. The quantitative estimate of drug-likeness (QED) is 0.251. The number of carbonyl (C=O) groups excluding carboxylic acids is 1. The summed E-state index contributed by atoms with van der Waals surface area (Å²) in [6.07, 6.45) is 3.69. The Morgan fingerprint density at radius 3 is 2.53 bits per heavy atom. The minimum atomic E-state index is -0.332. The maximum Gasteiger partial charge on any atom is 0.339 e. The number of fused-ring (bicyclic) bond motifs is 3. The Morgan fingerprint density at radius 2 is 1.71 bits per heavy atom. The first-order valence-corrected chi connectivity index (χ1v) is 12.2. The van der Waals surface area contributed by atoms with Crippen molar-refractivity contribution in [3.8, 4) is 0 Å². The van der Waals surface area contributed by atoms with Crippen molar-refractivity contribution in [2.24, 2.45) is 0 Å². The number of nitrogens with zero attached hydrogens (tertiary/aromatic N) is 2. The first kappa shape index (κ1) is 21.0. The van der Waals surface area contributed by atoms with Crippen LogP contribution in [0.4, 0.5) is 0 Å². The summed E-state index contributed by atoms with van der Waals surface area (Å²) < 4.78 is 6.87. The average molecular weight is 483 g/mol. The zero-order valence-electron chi connectivity index (χ0n) is 18.1. The van der Waals surface area contributed by atoms with Crippen LogP contribution < -0.4 is 0 Å². The molecule has 6 heteroatoms. The van der Waals surface area contributed by atoms with Crippen molar-refractivity contribution in [1.82, 2.24) is 9.97 Å². The zero-order chi connectivity index (χ0) is 23.1. The molecule has 0 N–H and O–H groups in total. The van der Waals surface area contributed by atoms with E-state index in [1.54, 1.807) is 11.3 Å². The topological polar surface area (TPSA) is 52.1 Å². The molecule has 0 spiro atoms. The fraction of sp³-hybridized carbons (Fsp3) is 0.107. The van der Waals surface area contributed by atoms with E-state index in [1.165, 1.54) is 0 Å². The normalized spacial score (nSPS) is 14.1. The zero-order valence-corrected chi connectivity index (χ0v) is 19.7. The Morgan fingerprint density at radius 1 is 0.941 bits per heavy atom. The Bertz CT molecular complexity index is 1550. The molecule has 1 aliphatic carbocycles. The third-order valence-electron chi connectivity index (χ3n) is 6.02. The van der Waals surface area contributed by atoms with Gasteiger partial charge in [-0.15, -0.1) is 11.3 Å². The van der Waals surface area contributed by atoms with Gasteiger partial charge in [-0.1, -0.05) is 54.1 Å². The molecule has 1 aliphatic rings. The molecule has 0 fully saturated rings. The second-order valence-electron chi connectivity index (χ2n) is 8.20. The highest BCUT2D eigenvalue weighted by Gasteiger charge is 2.27. The van der Waals surface area contributed by atoms with Gasteiger partial charge in [-0.3, -0.25) is 0 Å². The maximum absolute atomic E-state index is 13.4. The van der Waals surface area contributed by atoms with Gasteiger partial charge < -0.3 is 4.74 Å². The minimum absolute atomic E-state index is 0.150. The second-order valence-corrected chi connectivity index (χ2v) is 9.76. The highest BCUT2D eigenvalue weighted by molar-refractivity contribution is 7.18. The fourth-order valence-electron chi connectivity index (χ4n) is 4.45. The predicted molar refractivity (Wildman–Crippen MR) is 138 cm³/mol. The number of halogens is 1. The summed E-state index contributed by atoms with van der Waals surface area (Å²) in [4.78, 5) is 22.9. The summed E-state index contributed by atoms with van der Waals surface area (Å²) in [5, 5.41) is 2.31. The molecule has 3 aromatic carbocycles. The largest absolute Gasteiger partial charge is 0.455 e. The number of hydrogen-bond donors (Lipinski definition) is 0. The van der Waals surface area contributed by atoms with Gasteiger partial charge in [-0.25, -0.2) is 14.8 Å². The molecule has 0 saturated heterocycles. The van der Waals surface area contributed by atoms with Crippen molar-refractivity contribution >= 4 is 61.7 Å². The van der Waals surface area contributed by atoms with E-state index in [-0.39, 0.29) is 12.6 Å². The van der Waals surface area contributed by atoms with Crippen molar-refractivity contribution in [2.45, 2.75) is 19.4 Å². The summed E-state index contributed by atoms with van der Waals surface area (Å²) in [7, 11) is 0. The molecule has 0 aliphatic heterocycles. The first-order chi connectivity index (χ1) is 16.7. The average Bonchev–Trinajstić information content (AvgIpc) is 3.46. The third-order valence-corrected chi connectivity index (χ3v) is 7.28. The molecule has 2 aromatic heterocycles. The van der Waals surface area contributed by atoms with Crippen LogP contribution in [0, 0.1) is 0 Å². The Kier molecular flexibility index (Phi) is 5.36. The van der Waals surface area contributed by atoms with Gasteiger partial charge in [0.2, 0.25) is 0 Å². The van der Waals surface area contributed by atoms with Crippen molar-refractivity contribution in [1.29, 1.82) is 0 Å². The van der Waals surface area contributed by atoms with E-state index in [0.717, 1.165) is 61.4 Å². The van der Waals surface area contributed by atoms with Crippen LogP contribution in [0.2, 0.25) is 5.02 Å². The molecule has 0 radical (unpaired) electrons. The number of thiazole rings is 1. The van der Waals surface area contributed by atoms with Gasteiger partial charge in [0.1, 0.15) is 11.6 Å². The third kappa shape index (κ3) is 3.87. The lowest BCUT2D eigenvalue weighted by Crippen LogP contribution is -2.10. The van der Waals surface area contributed by atoms with E-state index in [4.69, 9.17) is 21.3 Å². The standard InChI is InChI=1S/C28H19ClN2O2S/c29-19-12-9-17(10-13-19)15-18-11-14-21-26(20-5-1-2-6-22(20)31-27(18)21)28(32)33-16-25-30-23-7-3-4-8-24(23)34-25/h1-10,12-13,15H,11,14,16H2. The molecule has 5 aromatic rings. The van der Waals surface area contributed by atoms with E-state index < -0.39 is 0 Å². The number of carbonyl (C=O) groups is 1. The van der Waals surface area contributed by atoms with Crippen LogP contribution in [0.25, 0.3) is 32.8 Å². The van der Waals surface area contributed by atoms with Gasteiger partial charge in [0.05, 0.1) is 27.0 Å². The predicted octanol–water partition coefficient (Wildman–Crippen LogP) is 7.34. The highest BCUT2D eigenvalue weighted by atomic mass is 35.5. The molecule has 0 atom stereocenters. The number of para-hydroxylation sites is 2. The van der Waals surface area contributed by atoms with Crippen LogP contribution in [-0.2, 0) is 17.8 Å². The van der Waals surface area contributed by atoms with Crippen LogP contribution in [0.3, 0.4) is 0 Å². The van der Waals surface area contributed by atoms with Crippen LogP contribution in [0.5, 0.6) is 0 Å². The maximum atomic E-state index is 13.4. The SMILES string of the molecule is O=C(OCc1nc2ccccc2s1)c1c2c(nc3ccccc13)C(=Cc1ccc(Cl)cc1)CC2. The minimum Gasteiger partial charge on any atom is -0.455 e. The summed E-state index contributed by atoms with van der Waals surface area (Å²) in [6, 6.07) is 23.4. The number of benzene rings is 3. The molecule has 0 amide bonds. The smallest absolute Gasteiger partial charge is 0.339 e. The van der Waals surface area contributed by atoms with E-state index in [0.29, 0.717) is 10.6 Å². The molecular weight excluding hydrogens is 464 g/mol. The highest BCUT2D eigenvalue weighted by Crippen LogP contribution is 2.38. The lowest BCUT2D eigenvalue weighted by atomic mass is 10.0. The van der Waals surface area contributed by atoms with Gasteiger partial charge in [0.15, 0.2) is 0 Å².